The van der Waals surface area contributed by atoms with Crippen LogP contribution in [0.4, 0.5) is 0 Å². The van der Waals surface area contributed by atoms with Crippen molar-refractivity contribution in [3.8, 4) is 5.69 Å². The minimum atomic E-state index is 0.0965. The van der Waals surface area contributed by atoms with E-state index in [9.17, 15) is 0 Å². The van der Waals surface area contributed by atoms with Crippen molar-refractivity contribution in [1.29, 1.82) is 0 Å². The van der Waals surface area contributed by atoms with E-state index in [2.05, 4.69) is 11.2 Å². The number of para-hydroxylation sites is 1. The van der Waals surface area contributed by atoms with Crippen LogP contribution in [-0.4, -0.2) is 15.8 Å². The molecule has 18 heavy (non-hydrogen) atoms. The van der Waals surface area contributed by atoms with Gasteiger partial charge in [0.1, 0.15) is 0 Å². The summed E-state index contributed by atoms with van der Waals surface area (Å²) >= 11 is 6.33. The highest BCUT2D eigenvalue weighted by Crippen LogP contribution is 2.26. The van der Waals surface area contributed by atoms with Crippen LogP contribution in [0.1, 0.15) is 23.9 Å². The molecular weight excluding hydrogens is 246 g/mol. The summed E-state index contributed by atoms with van der Waals surface area (Å²) in [6, 6.07) is 8.03. The molecule has 0 aliphatic carbocycles. The van der Waals surface area contributed by atoms with Gasteiger partial charge in [-0.2, -0.15) is 5.10 Å². The number of hydrogen-bond donors (Lipinski definition) is 1. The van der Waals surface area contributed by atoms with E-state index < -0.39 is 0 Å². The van der Waals surface area contributed by atoms with Gasteiger partial charge >= 0.3 is 0 Å². The van der Waals surface area contributed by atoms with E-state index in [1.54, 1.807) is 0 Å². The molecule has 1 heterocycles. The monoisotopic (exact) mass is 263 g/mol. The van der Waals surface area contributed by atoms with Gasteiger partial charge in [0.25, 0.3) is 0 Å². The Bertz CT molecular complexity index is 558. The number of rotatable bonds is 3. The Morgan fingerprint density at radius 1 is 1.39 bits per heavy atom. The van der Waals surface area contributed by atoms with E-state index in [0.29, 0.717) is 5.02 Å². The fraction of sp³-hybridized carbons (Fsp3) is 0.357. The molecule has 2 N–H and O–H groups in total. The zero-order valence-electron chi connectivity index (χ0n) is 10.9. The molecule has 2 rings (SSSR count). The summed E-state index contributed by atoms with van der Waals surface area (Å²) in [7, 11) is 0. The lowest BCUT2D eigenvalue weighted by Gasteiger charge is -2.14. The predicted molar refractivity (Wildman–Crippen MR) is 75.4 cm³/mol. The third-order valence-electron chi connectivity index (χ3n) is 2.83. The number of benzene rings is 1. The van der Waals surface area contributed by atoms with Gasteiger partial charge in [-0.3, -0.25) is 0 Å². The van der Waals surface area contributed by atoms with Crippen molar-refractivity contribution in [1.82, 2.24) is 9.78 Å². The van der Waals surface area contributed by atoms with Gasteiger partial charge in [-0.15, -0.1) is 0 Å². The fourth-order valence-electron chi connectivity index (χ4n) is 2.16. The van der Waals surface area contributed by atoms with E-state index in [1.165, 1.54) is 0 Å². The van der Waals surface area contributed by atoms with Crippen LogP contribution in [0.3, 0.4) is 0 Å². The van der Waals surface area contributed by atoms with Crippen LogP contribution in [0.5, 0.6) is 0 Å². The van der Waals surface area contributed by atoms with E-state index in [0.717, 1.165) is 29.1 Å². The molecule has 0 aliphatic heterocycles. The Morgan fingerprint density at radius 3 is 2.67 bits per heavy atom. The maximum Gasteiger partial charge on any atom is 0.0867 e. The highest BCUT2D eigenvalue weighted by molar-refractivity contribution is 6.32. The number of halogens is 1. The third kappa shape index (κ3) is 2.57. The molecule has 1 atom stereocenters. The molecule has 0 radical (unpaired) electrons. The Kier molecular flexibility index (Phi) is 3.73. The third-order valence-corrected chi connectivity index (χ3v) is 3.14. The smallest absolute Gasteiger partial charge is 0.0867 e. The molecule has 96 valence electrons. The molecule has 0 saturated carbocycles. The summed E-state index contributed by atoms with van der Waals surface area (Å²) in [6.07, 6.45) is 0.786. The summed E-state index contributed by atoms with van der Waals surface area (Å²) in [5.41, 5.74) is 10.0. The van der Waals surface area contributed by atoms with Crippen molar-refractivity contribution in [3.05, 3.63) is 46.2 Å². The first kappa shape index (κ1) is 13.1. The summed E-state index contributed by atoms with van der Waals surface area (Å²) < 4.78 is 1.90. The highest BCUT2D eigenvalue weighted by atomic mass is 35.5. The maximum atomic E-state index is 6.33. The zero-order chi connectivity index (χ0) is 13.3. The number of hydrogen-bond acceptors (Lipinski definition) is 2. The number of aryl methyl sites for hydroxylation is 2. The first-order valence-electron chi connectivity index (χ1n) is 6.05. The lowest BCUT2D eigenvalue weighted by molar-refractivity contribution is 0.724. The van der Waals surface area contributed by atoms with Gasteiger partial charge in [-0.1, -0.05) is 23.7 Å². The van der Waals surface area contributed by atoms with Crippen molar-refractivity contribution < 1.29 is 0 Å². The van der Waals surface area contributed by atoms with Crippen molar-refractivity contribution in [2.75, 3.05) is 0 Å². The Morgan fingerprint density at radius 2 is 2.11 bits per heavy atom. The molecule has 1 aromatic heterocycles. The SMILES string of the molecule is Cc1cc(C)n(-c2c(Cl)cccc2CC(C)N)n1. The second-order valence-corrected chi connectivity index (χ2v) is 5.18. The van der Waals surface area contributed by atoms with Crippen LogP contribution in [-0.2, 0) is 6.42 Å². The number of nitrogens with zero attached hydrogens (tertiary/aromatic N) is 2. The molecule has 0 aliphatic rings. The predicted octanol–water partition coefficient (Wildman–Crippen LogP) is 3.03. The van der Waals surface area contributed by atoms with Gasteiger partial charge < -0.3 is 5.73 Å². The minimum Gasteiger partial charge on any atom is -0.328 e. The average Bonchev–Trinajstić information content (AvgIpc) is 2.57. The molecule has 0 amide bonds. The summed E-state index contributed by atoms with van der Waals surface area (Å²) in [4.78, 5) is 0. The Labute approximate surface area is 113 Å². The van der Waals surface area contributed by atoms with Crippen LogP contribution in [0, 0.1) is 13.8 Å². The van der Waals surface area contributed by atoms with Gasteiger partial charge in [0.15, 0.2) is 0 Å². The zero-order valence-corrected chi connectivity index (χ0v) is 11.7. The molecule has 0 bridgehead atoms. The van der Waals surface area contributed by atoms with E-state index >= 15 is 0 Å². The van der Waals surface area contributed by atoms with Crippen molar-refractivity contribution in [2.24, 2.45) is 5.73 Å². The van der Waals surface area contributed by atoms with Gasteiger partial charge in [-0.25, -0.2) is 4.68 Å². The summed E-state index contributed by atoms with van der Waals surface area (Å²) in [5.74, 6) is 0. The van der Waals surface area contributed by atoms with Gasteiger partial charge in [-0.05, 0) is 44.9 Å². The first-order valence-corrected chi connectivity index (χ1v) is 6.43. The van der Waals surface area contributed by atoms with Crippen LogP contribution >= 0.6 is 11.6 Å². The van der Waals surface area contributed by atoms with Crippen molar-refractivity contribution >= 4 is 11.6 Å². The lowest BCUT2D eigenvalue weighted by Crippen LogP contribution is -2.19. The molecule has 0 fully saturated rings. The van der Waals surface area contributed by atoms with Gasteiger partial charge in [0, 0.05) is 11.7 Å². The normalized spacial score (nSPS) is 12.7. The molecule has 0 spiro atoms. The van der Waals surface area contributed by atoms with E-state index in [4.69, 9.17) is 17.3 Å². The minimum absolute atomic E-state index is 0.0965. The molecule has 1 unspecified atom stereocenters. The molecule has 3 nitrogen and oxygen atoms in total. The molecule has 0 saturated heterocycles. The molecular formula is C14H18ClN3. The fourth-order valence-corrected chi connectivity index (χ4v) is 2.44. The second kappa shape index (κ2) is 5.12. The van der Waals surface area contributed by atoms with E-state index in [1.807, 2.05) is 43.7 Å². The number of nitrogens with two attached hydrogens (primary N) is 1. The highest BCUT2D eigenvalue weighted by Gasteiger charge is 2.13. The largest absolute Gasteiger partial charge is 0.328 e. The standard InChI is InChI=1S/C14H18ClN3/c1-9(16)7-12-5-4-6-13(15)14(12)18-11(3)8-10(2)17-18/h4-6,8-9H,7,16H2,1-3H3. The van der Waals surface area contributed by atoms with Crippen LogP contribution in [0.2, 0.25) is 5.02 Å². The Balaban J connectivity index is 2.58. The quantitative estimate of drug-likeness (QED) is 0.925. The summed E-state index contributed by atoms with van der Waals surface area (Å²) in [6.45, 7) is 6.00. The molecule has 4 heteroatoms. The molecule has 2 aromatic rings. The number of aromatic nitrogens is 2. The maximum absolute atomic E-state index is 6.33. The van der Waals surface area contributed by atoms with Crippen LogP contribution < -0.4 is 5.73 Å². The van der Waals surface area contributed by atoms with Crippen molar-refractivity contribution in [2.45, 2.75) is 33.2 Å². The summed E-state index contributed by atoms with van der Waals surface area (Å²) in [5, 5.41) is 5.21. The van der Waals surface area contributed by atoms with Crippen molar-refractivity contribution in [3.63, 3.8) is 0 Å². The first-order chi connectivity index (χ1) is 8.49. The lowest BCUT2D eigenvalue weighted by atomic mass is 10.1. The topological polar surface area (TPSA) is 43.8 Å². The molecule has 1 aromatic carbocycles. The Hall–Kier alpha value is -1.32. The second-order valence-electron chi connectivity index (χ2n) is 4.77. The average molecular weight is 264 g/mol. The van der Waals surface area contributed by atoms with Gasteiger partial charge in [0.2, 0.25) is 0 Å². The van der Waals surface area contributed by atoms with Gasteiger partial charge in [0.05, 0.1) is 16.4 Å². The van der Waals surface area contributed by atoms with Crippen LogP contribution in [0.25, 0.3) is 5.69 Å². The van der Waals surface area contributed by atoms with E-state index in [-0.39, 0.29) is 6.04 Å². The van der Waals surface area contributed by atoms with Crippen LogP contribution in [0.15, 0.2) is 24.3 Å².